The molecule has 0 saturated heterocycles. The zero-order valence-corrected chi connectivity index (χ0v) is 14.0. The first-order chi connectivity index (χ1) is 9.78. The Balaban J connectivity index is 1.69. The lowest BCUT2D eigenvalue weighted by Gasteiger charge is -2.20. The molecule has 1 aliphatic carbocycles. The average molecular weight is 355 g/mol. The second-order valence-electron chi connectivity index (χ2n) is 5.10. The first-order valence-electron chi connectivity index (χ1n) is 7.10. The number of thioether (sulfide) groups is 1. The Morgan fingerprint density at radius 2 is 2.30 bits per heavy atom. The van der Waals surface area contributed by atoms with Crippen molar-refractivity contribution in [2.75, 3.05) is 5.75 Å². The average Bonchev–Trinajstić information content (AvgIpc) is 3.03. The molecule has 2 aromatic rings. The number of imidazole rings is 1. The van der Waals surface area contributed by atoms with Gasteiger partial charge in [0.15, 0.2) is 5.65 Å². The molecule has 3 rings (SSSR count). The van der Waals surface area contributed by atoms with Crippen LogP contribution in [0.1, 0.15) is 31.9 Å². The molecule has 2 heterocycles. The van der Waals surface area contributed by atoms with E-state index in [4.69, 9.17) is 0 Å². The first kappa shape index (κ1) is 14.4. The quantitative estimate of drug-likeness (QED) is 0.894. The van der Waals surface area contributed by atoms with Gasteiger partial charge in [-0.2, -0.15) is 11.8 Å². The SMILES string of the molecule is CCSC1CCCC1NCc1cnc2cnc(Br)cn12. The Morgan fingerprint density at radius 1 is 1.40 bits per heavy atom. The molecule has 2 unspecified atom stereocenters. The van der Waals surface area contributed by atoms with Crippen molar-refractivity contribution in [2.45, 2.75) is 44.0 Å². The molecule has 0 amide bonds. The van der Waals surface area contributed by atoms with Crippen molar-refractivity contribution in [2.24, 2.45) is 0 Å². The van der Waals surface area contributed by atoms with E-state index >= 15 is 0 Å². The fraction of sp³-hybridized carbons (Fsp3) is 0.571. The van der Waals surface area contributed by atoms with E-state index in [0.29, 0.717) is 6.04 Å². The van der Waals surface area contributed by atoms with Crippen LogP contribution in [0.2, 0.25) is 0 Å². The third-order valence-electron chi connectivity index (χ3n) is 3.82. The van der Waals surface area contributed by atoms with E-state index in [2.05, 4.69) is 54.3 Å². The van der Waals surface area contributed by atoms with Gasteiger partial charge in [-0.1, -0.05) is 13.3 Å². The number of nitrogens with zero attached hydrogens (tertiary/aromatic N) is 3. The first-order valence-corrected chi connectivity index (χ1v) is 8.94. The molecule has 2 atom stereocenters. The highest BCUT2D eigenvalue weighted by Gasteiger charge is 2.26. The normalized spacial score (nSPS) is 22.7. The Kier molecular flexibility index (Phi) is 4.63. The maximum Gasteiger partial charge on any atom is 0.155 e. The van der Waals surface area contributed by atoms with E-state index in [0.717, 1.165) is 22.0 Å². The standard InChI is InChI=1S/C14H19BrN4S/c1-2-20-12-5-3-4-11(12)16-6-10-7-18-14-8-17-13(15)9-19(10)14/h7-9,11-12,16H,2-6H2,1H3. The number of hydrogen-bond donors (Lipinski definition) is 1. The Bertz CT molecular complexity index is 586. The summed E-state index contributed by atoms with van der Waals surface area (Å²) in [7, 11) is 0. The third kappa shape index (κ3) is 3.02. The van der Waals surface area contributed by atoms with Gasteiger partial charge in [0, 0.05) is 24.0 Å². The highest BCUT2D eigenvalue weighted by atomic mass is 79.9. The lowest BCUT2D eigenvalue weighted by molar-refractivity contribution is 0.525. The fourth-order valence-electron chi connectivity index (χ4n) is 2.86. The van der Waals surface area contributed by atoms with Crippen LogP contribution in [0.5, 0.6) is 0 Å². The molecule has 1 saturated carbocycles. The molecule has 0 aromatic carbocycles. The van der Waals surface area contributed by atoms with E-state index < -0.39 is 0 Å². The van der Waals surface area contributed by atoms with Gasteiger partial charge in [0.1, 0.15) is 4.60 Å². The molecule has 6 heteroatoms. The van der Waals surface area contributed by atoms with E-state index in [9.17, 15) is 0 Å². The van der Waals surface area contributed by atoms with Crippen molar-refractivity contribution in [3.05, 3.63) is 28.9 Å². The van der Waals surface area contributed by atoms with Crippen LogP contribution in [0, 0.1) is 0 Å². The van der Waals surface area contributed by atoms with Crippen LogP contribution in [0.25, 0.3) is 5.65 Å². The molecular formula is C14H19BrN4S. The van der Waals surface area contributed by atoms with Crippen molar-refractivity contribution in [3.8, 4) is 0 Å². The minimum Gasteiger partial charge on any atom is -0.307 e. The van der Waals surface area contributed by atoms with Crippen LogP contribution in [0.3, 0.4) is 0 Å². The smallest absolute Gasteiger partial charge is 0.155 e. The molecule has 1 fully saturated rings. The highest BCUT2D eigenvalue weighted by molar-refractivity contribution is 9.10. The molecule has 2 aromatic heterocycles. The van der Waals surface area contributed by atoms with Crippen LogP contribution in [-0.2, 0) is 6.54 Å². The Labute approximate surface area is 131 Å². The predicted octanol–water partition coefficient (Wildman–Crippen LogP) is 3.26. The van der Waals surface area contributed by atoms with Gasteiger partial charge in [0.05, 0.1) is 18.1 Å². The largest absolute Gasteiger partial charge is 0.307 e. The molecular weight excluding hydrogens is 336 g/mol. The second-order valence-corrected chi connectivity index (χ2v) is 7.43. The molecule has 0 bridgehead atoms. The summed E-state index contributed by atoms with van der Waals surface area (Å²) in [6.07, 6.45) is 9.69. The maximum atomic E-state index is 4.39. The summed E-state index contributed by atoms with van der Waals surface area (Å²) >= 11 is 5.50. The molecule has 4 nitrogen and oxygen atoms in total. The van der Waals surface area contributed by atoms with Gasteiger partial charge in [-0.3, -0.25) is 4.40 Å². The summed E-state index contributed by atoms with van der Waals surface area (Å²) in [4.78, 5) is 8.60. The van der Waals surface area contributed by atoms with E-state index in [-0.39, 0.29) is 0 Å². The predicted molar refractivity (Wildman–Crippen MR) is 87.1 cm³/mol. The molecule has 1 aliphatic rings. The lowest BCUT2D eigenvalue weighted by atomic mass is 10.2. The number of fused-ring (bicyclic) bond motifs is 1. The maximum absolute atomic E-state index is 4.39. The lowest BCUT2D eigenvalue weighted by Crippen LogP contribution is -2.34. The Hall–Kier alpha value is -0.590. The topological polar surface area (TPSA) is 42.2 Å². The summed E-state index contributed by atoms with van der Waals surface area (Å²) in [5.74, 6) is 1.21. The van der Waals surface area contributed by atoms with Gasteiger partial charge in [-0.25, -0.2) is 9.97 Å². The summed E-state index contributed by atoms with van der Waals surface area (Å²) in [6, 6.07) is 0.635. The molecule has 0 spiro atoms. The summed E-state index contributed by atoms with van der Waals surface area (Å²) in [5.41, 5.74) is 2.09. The molecule has 108 valence electrons. The van der Waals surface area contributed by atoms with Crippen molar-refractivity contribution >= 4 is 33.3 Å². The van der Waals surface area contributed by atoms with E-state index in [1.165, 1.54) is 30.7 Å². The van der Waals surface area contributed by atoms with Gasteiger partial charge in [-0.05, 0) is 34.5 Å². The van der Waals surface area contributed by atoms with Crippen molar-refractivity contribution in [1.82, 2.24) is 19.7 Å². The van der Waals surface area contributed by atoms with Crippen LogP contribution in [0.4, 0.5) is 0 Å². The number of aromatic nitrogens is 3. The van der Waals surface area contributed by atoms with Crippen molar-refractivity contribution in [3.63, 3.8) is 0 Å². The van der Waals surface area contributed by atoms with Gasteiger partial charge < -0.3 is 5.32 Å². The van der Waals surface area contributed by atoms with Crippen molar-refractivity contribution < 1.29 is 0 Å². The minimum atomic E-state index is 0.635. The molecule has 20 heavy (non-hydrogen) atoms. The highest BCUT2D eigenvalue weighted by Crippen LogP contribution is 2.30. The van der Waals surface area contributed by atoms with Crippen LogP contribution < -0.4 is 5.32 Å². The zero-order valence-electron chi connectivity index (χ0n) is 11.6. The monoisotopic (exact) mass is 354 g/mol. The Morgan fingerprint density at radius 3 is 3.15 bits per heavy atom. The summed E-state index contributed by atoms with van der Waals surface area (Å²) < 4.78 is 2.94. The second kappa shape index (κ2) is 6.45. The van der Waals surface area contributed by atoms with Crippen LogP contribution >= 0.6 is 27.7 Å². The van der Waals surface area contributed by atoms with Crippen molar-refractivity contribution in [1.29, 1.82) is 0 Å². The van der Waals surface area contributed by atoms with Gasteiger partial charge in [0.2, 0.25) is 0 Å². The third-order valence-corrected chi connectivity index (χ3v) is 5.55. The van der Waals surface area contributed by atoms with E-state index in [1.54, 1.807) is 6.20 Å². The fourth-order valence-corrected chi connectivity index (χ4v) is 4.39. The minimum absolute atomic E-state index is 0.635. The van der Waals surface area contributed by atoms with Gasteiger partial charge in [-0.15, -0.1) is 0 Å². The number of nitrogens with one attached hydrogen (secondary N) is 1. The summed E-state index contributed by atoms with van der Waals surface area (Å²) in [6.45, 7) is 3.11. The molecule has 0 radical (unpaired) electrons. The number of hydrogen-bond acceptors (Lipinski definition) is 4. The van der Waals surface area contributed by atoms with Crippen LogP contribution in [-0.4, -0.2) is 31.4 Å². The van der Waals surface area contributed by atoms with Gasteiger partial charge in [0.25, 0.3) is 0 Å². The molecule has 1 N–H and O–H groups in total. The molecule has 0 aliphatic heterocycles. The van der Waals surface area contributed by atoms with Crippen LogP contribution in [0.15, 0.2) is 23.2 Å². The summed E-state index contributed by atoms with van der Waals surface area (Å²) in [5, 5.41) is 4.48. The van der Waals surface area contributed by atoms with Gasteiger partial charge >= 0.3 is 0 Å². The van der Waals surface area contributed by atoms with E-state index in [1.807, 2.05) is 12.4 Å². The number of rotatable bonds is 5. The zero-order chi connectivity index (χ0) is 13.9. The number of halogens is 1.